The summed E-state index contributed by atoms with van der Waals surface area (Å²) in [6.45, 7) is 2.16. The summed E-state index contributed by atoms with van der Waals surface area (Å²) in [7, 11) is 0. The van der Waals surface area contributed by atoms with Crippen molar-refractivity contribution in [3.63, 3.8) is 0 Å². The molecule has 4 aromatic rings. The van der Waals surface area contributed by atoms with E-state index < -0.39 is 0 Å². The van der Waals surface area contributed by atoms with Crippen LogP contribution in [0.2, 0.25) is 0 Å². The van der Waals surface area contributed by atoms with Gasteiger partial charge in [0, 0.05) is 41.0 Å². The molecule has 1 aliphatic heterocycles. The summed E-state index contributed by atoms with van der Waals surface area (Å²) in [5, 5.41) is 6.90. The maximum Gasteiger partial charge on any atom is 0.229 e. The lowest BCUT2D eigenvalue weighted by atomic mass is 10.1. The van der Waals surface area contributed by atoms with Gasteiger partial charge in [0.05, 0.1) is 6.20 Å². The first kappa shape index (κ1) is 22.3. The van der Waals surface area contributed by atoms with Gasteiger partial charge < -0.3 is 15.5 Å². The zero-order valence-electron chi connectivity index (χ0n) is 19.7. The Hall–Kier alpha value is -3.13. The first-order valence-electron chi connectivity index (χ1n) is 12.6. The number of halogens is 1. The number of nitrogens with one attached hydrogen (secondary N) is 2. The Balaban J connectivity index is 1.27. The number of hydrogen-bond donors (Lipinski definition) is 2. The van der Waals surface area contributed by atoms with E-state index in [0.29, 0.717) is 16.8 Å². The SMILES string of the molecule is BrC1CCCN(c2ccc(Nc3ncc4nc(Nc5ccccc5)n(C5CCCC5)c4n3)cc2)C1. The van der Waals surface area contributed by atoms with Crippen LogP contribution in [-0.2, 0) is 0 Å². The fourth-order valence-corrected chi connectivity index (χ4v) is 5.92. The van der Waals surface area contributed by atoms with E-state index in [-0.39, 0.29) is 0 Å². The second-order valence-corrected chi connectivity index (χ2v) is 10.8. The quantitative estimate of drug-likeness (QED) is 0.267. The molecule has 2 fully saturated rings. The van der Waals surface area contributed by atoms with Crippen LogP contribution in [0, 0.1) is 0 Å². The van der Waals surface area contributed by atoms with E-state index in [1.165, 1.54) is 31.4 Å². The third kappa shape index (κ3) is 4.85. The van der Waals surface area contributed by atoms with Gasteiger partial charge in [-0.05, 0) is 62.1 Å². The highest BCUT2D eigenvalue weighted by Crippen LogP contribution is 2.36. The number of fused-ring (bicyclic) bond motifs is 1. The van der Waals surface area contributed by atoms with E-state index in [0.717, 1.165) is 54.4 Å². The first-order chi connectivity index (χ1) is 17.2. The van der Waals surface area contributed by atoms with Crippen molar-refractivity contribution in [1.29, 1.82) is 0 Å². The van der Waals surface area contributed by atoms with Crippen molar-refractivity contribution in [2.75, 3.05) is 28.6 Å². The van der Waals surface area contributed by atoms with Crippen LogP contribution < -0.4 is 15.5 Å². The molecule has 1 unspecified atom stereocenters. The number of aromatic nitrogens is 4. The van der Waals surface area contributed by atoms with Crippen LogP contribution in [0.1, 0.15) is 44.6 Å². The Morgan fingerprint density at radius 2 is 1.60 bits per heavy atom. The molecule has 8 heteroatoms. The summed E-state index contributed by atoms with van der Waals surface area (Å²) in [5.41, 5.74) is 4.95. The Labute approximate surface area is 214 Å². The monoisotopic (exact) mass is 531 g/mol. The molecule has 180 valence electrons. The minimum atomic E-state index is 0.399. The Morgan fingerprint density at radius 1 is 0.829 bits per heavy atom. The number of benzene rings is 2. The van der Waals surface area contributed by atoms with E-state index in [1.807, 2.05) is 24.4 Å². The molecule has 6 rings (SSSR count). The molecule has 0 spiro atoms. The van der Waals surface area contributed by atoms with E-state index >= 15 is 0 Å². The molecule has 2 aromatic heterocycles. The highest BCUT2D eigenvalue weighted by atomic mass is 79.9. The molecule has 0 bridgehead atoms. The summed E-state index contributed by atoms with van der Waals surface area (Å²) in [5.74, 6) is 1.43. The molecule has 1 saturated carbocycles. The number of anilines is 5. The molecule has 1 saturated heterocycles. The number of hydrogen-bond acceptors (Lipinski definition) is 6. The van der Waals surface area contributed by atoms with Crippen molar-refractivity contribution in [3.8, 4) is 0 Å². The Bertz CT molecular complexity index is 1280. The number of nitrogens with zero attached hydrogens (tertiary/aromatic N) is 5. The van der Waals surface area contributed by atoms with Crippen LogP contribution in [0.15, 0.2) is 60.8 Å². The lowest BCUT2D eigenvalue weighted by molar-refractivity contribution is 0.535. The van der Waals surface area contributed by atoms with Crippen molar-refractivity contribution in [3.05, 3.63) is 60.8 Å². The van der Waals surface area contributed by atoms with Crippen molar-refractivity contribution in [2.24, 2.45) is 0 Å². The highest BCUT2D eigenvalue weighted by molar-refractivity contribution is 9.09. The molecule has 7 nitrogen and oxygen atoms in total. The topological polar surface area (TPSA) is 70.9 Å². The molecule has 2 aromatic carbocycles. The third-order valence-electron chi connectivity index (χ3n) is 7.00. The highest BCUT2D eigenvalue weighted by Gasteiger charge is 2.24. The Kier molecular flexibility index (Phi) is 6.29. The van der Waals surface area contributed by atoms with Gasteiger partial charge in [0.25, 0.3) is 0 Å². The molecular formula is C27H30BrN7. The first-order valence-corrected chi connectivity index (χ1v) is 13.5. The van der Waals surface area contributed by atoms with E-state index in [4.69, 9.17) is 9.97 Å². The Morgan fingerprint density at radius 3 is 2.37 bits per heavy atom. The van der Waals surface area contributed by atoms with Crippen LogP contribution in [0.25, 0.3) is 11.2 Å². The van der Waals surface area contributed by atoms with Crippen molar-refractivity contribution in [1.82, 2.24) is 19.5 Å². The maximum absolute atomic E-state index is 4.92. The number of piperidine rings is 1. The van der Waals surface area contributed by atoms with E-state index in [1.54, 1.807) is 0 Å². The van der Waals surface area contributed by atoms with Gasteiger partial charge in [-0.1, -0.05) is 47.0 Å². The van der Waals surface area contributed by atoms with E-state index in [2.05, 4.69) is 77.4 Å². The lowest BCUT2D eigenvalue weighted by Gasteiger charge is -2.32. The van der Waals surface area contributed by atoms with Gasteiger partial charge in [-0.25, -0.2) is 9.97 Å². The number of rotatable bonds is 6. The number of alkyl halides is 1. The predicted molar refractivity (Wildman–Crippen MR) is 146 cm³/mol. The van der Waals surface area contributed by atoms with Gasteiger partial charge in [0.1, 0.15) is 5.52 Å². The fraction of sp³-hybridized carbons (Fsp3) is 0.370. The average molecular weight is 532 g/mol. The zero-order chi connectivity index (χ0) is 23.6. The molecular weight excluding hydrogens is 502 g/mol. The van der Waals surface area contributed by atoms with Crippen LogP contribution in [-0.4, -0.2) is 37.4 Å². The van der Waals surface area contributed by atoms with Gasteiger partial charge in [-0.15, -0.1) is 0 Å². The molecule has 0 radical (unpaired) electrons. The molecule has 2 aliphatic rings. The maximum atomic E-state index is 4.92. The molecule has 0 amide bonds. The van der Waals surface area contributed by atoms with Gasteiger partial charge in [-0.3, -0.25) is 4.57 Å². The molecule has 3 heterocycles. The van der Waals surface area contributed by atoms with Crippen LogP contribution in [0.4, 0.5) is 29.0 Å². The van der Waals surface area contributed by atoms with Gasteiger partial charge >= 0.3 is 0 Å². The van der Waals surface area contributed by atoms with Crippen molar-refractivity contribution < 1.29 is 0 Å². The van der Waals surface area contributed by atoms with Crippen molar-refractivity contribution in [2.45, 2.75) is 49.4 Å². The normalized spacial score (nSPS) is 18.8. The fourth-order valence-electron chi connectivity index (χ4n) is 5.24. The second kappa shape index (κ2) is 9.85. The second-order valence-electron chi connectivity index (χ2n) is 9.49. The number of imidazole rings is 1. The minimum absolute atomic E-state index is 0.399. The summed E-state index contributed by atoms with van der Waals surface area (Å²) in [6, 6.07) is 19.2. The van der Waals surface area contributed by atoms with E-state index in [9.17, 15) is 0 Å². The standard InChI is InChI=1S/C27H30BrN7/c28-19-7-6-16-34(18-19)22-14-12-21(13-15-22)30-26-29-17-24-25(33-26)35(23-10-4-5-11-23)27(32-24)31-20-8-2-1-3-9-20/h1-3,8-9,12-15,17,19,23H,4-7,10-11,16,18H2,(H,31,32)(H,29,30,33). The summed E-state index contributed by atoms with van der Waals surface area (Å²) < 4.78 is 2.28. The molecule has 1 aliphatic carbocycles. The van der Waals surface area contributed by atoms with Crippen LogP contribution in [0.3, 0.4) is 0 Å². The van der Waals surface area contributed by atoms with Gasteiger partial charge in [0.15, 0.2) is 5.65 Å². The van der Waals surface area contributed by atoms with Gasteiger partial charge in [-0.2, -0.15) is 4.98 Å². The summed E-state index contributed by atoms with van der Waals surface area (Å²) >= 11 is 3.77. The molecule has 2 N–H and O–H groups in total. The largest absolute Gasteiger partial charge is 0.370 e. The van der Waals surface area contributed by atoms with Crippen LogP contribution >= 0.6 is 15.9 Å². The third-order valence-corrected chi connectivity index (χ3v) is 7.75. The predicted octanol–water partition coefficient (Wildman–Crippen LogP) is 6.79. The van der Waals surface area contributed by atoms with Gasteiger partial charge in [0.2, 0.25) is 11.9 Å². The average Bonchev–Trinajstić information content (AvgIpc) is 3.52. The van der Waals surface area contributed by atoms with Crippen molar-refractivity contribution >= 4 is 56.1 Å². The molecule has 1 atom stereocenters. The molecule has 35 heavy (non-hydrogen) atoms. The smallest absolute Gasteiger partial charge is 0.229 e. The zero-order valence-corrected chi connectivity index (χ0v) is 21.3. The summed E-state index contributed by atoms with van der Waals surface area (Å²) in [4.78, 5) is 17.4. The lowest BCUT2D eigenvalue weighted by Crippen LogP contribution is -2.35. The van der Waals surface area contributed by atoms with Crippen LogP contribution in [0.5, 0.6) is 0 Å². The minimum Gasteiger partial charge on any atom is -0.370 e. The summed E-state index contributed by atoms with van der Waals surface area (Å²) in [6.07, 6.45) is 9.07. The number of para-hydroxylation sites is 1.